The van der Waals surface area contributed by atoms with E-state index in [4.69, 9.17) is 11.6 Å². The molecule has 7 nitrogen and oxygen atoms in total. The van der Waals surface area contributed by atoms with Crippen LogP contribution in [-0.2, 0) is 11.3 Å². The Morgan fingerprint density at radius 1 is 1.03 bits per heavy atom. The van der Waals surface area contributed by atoms with Crippen molar-refractivity contribution in [1.82, 2.24) is 20.1 Å². The number of hydrogen-bond donors (Lipinski definition) is 2. The molecule has 1 aromatic heterocycles. The highest BCUT2D eigenvalue weighted by Crippen LogP contribution is 2.26. The van der Waals surface area contributed by atoms with Crippen LogP contribution < -0.4 is 10.6 Å². The minimum absolute atomic E-state index is 0.0131. The molecule has 0 aliphatic rings. The molecule has 0 spiro atoms. The average Bonchev–Trinajstić information content (AvgIpc) is 3.27. The third-order valence-electron chi connectivity index (χ3n) is 4.78. The maximum Gasteiger partial charge on any atom is 0.254 e. The molecule has 0 aliphatic carbocycles. The molecule has 0 saturated carbocycles. The summed E-state index contributed by atoms with van der Waals surface area (Å²) in [6.07, 6.45) is 0. The molecule has 1 heterocycles. The third-order valence-corrected chi connectivity index (χ3v) is 6.94. The molecule has 178 valence electrons. The molecule has 2 amide bonds. The van der Waals surface area contributed by atoms with E-state index in [1.54, 1.807) is 28.8 Å². The van der Waals surface area contributed by atoms with Crippen LogP contribution in [0.5, 0.6) is 0 Å². The molecule has 0 radical (unpaired) electrons. The number of benzene rings is 3. The van der Waals surface area contributed by atoms with E-state index in [0.717, 1.165) is 10.2 Å². The molecule has 0 fully saturated rings. The Morgan fingerprint density at radius 3 is 2.51 bits per heavy atom. The Hall–Kier alpha value is -3.21. The second kappa shape index (κ2) is 11.5. The van der Waals surface area contributed by atoms with E-state index < -0.39 is 11.7 Å². The number of hydrogen-bond acceptors (Lipinski definition) is 5. The maximum absolute atomic E-state index is 13.9. The van der Waals surface area contributed by atoms with Crippen molar-refractivity contribution < 1.29 is 14.0 Å². The summed E-state index contributed by atoms with van der Waals surface area (Å²) in [5.74, 6) is -0.912. The average molecular weight is 575 g/mol. The van der Waals surface area contributed by atoms with Gasteiger partial charge in [-0.15, -0.1) is 10.2 Å². The highest BCUT2D eigenvalue weighted by molar-refractivity contribution is 9.10. The van der Waals surface area contributed by atoms with Crippen LogP contribution in [0, 0.1) is 5.82 Å². The van der Waals surface area contributed by atoms with Gasteiger partial charge in [-0.3, -0.25) is 14.2 Å². The predicted molar refractivity (Wildman–Crippen MR) is 137 cm³/mol. The van der Waals surface area contributed by atoms with E-state index in [1.807, 2.05) is 30.3 Å². The van der Waals surface area contributed by atoms with Crippen LogP contribution >= 0.6 is 39.3 Å². The summed E-state index contributed by atoms with van der Waals surface area (Å²) in [7, 11) is 0. The fourth-order valence-electron chi connectivity index (χ4n) is 3.15. The van der Waals surface area contributed by atoms with E-state index >= 15 is 0 Å². The zero-order valence-corrected chi connectivity index (χ0v) is 21.2. The Kier molecular flexibility index (Phi) is 8.17. The van der Waals surface area contributed by atoms with Crippen LogP contribution in [0.2, 0.25) is 5.02 Å². The van der Waals surface area contributed by atoms with Crippen LogP contribution in [0.25, 0.3) is 5.69 Å². The maximum atomic E-state index is 13.9. The number of carbonyl (C=O) groups is 2. The van der Waals surface area contributed by atoms with Gasteiger partial charge in [0, 0.05) is 15.8 Å². The highest BCUT2D eigenvalue weighted by Gasteiger charge is 2.18. The van der Waals surface area contributed by atoms with Gasteiger partial charge >= 0.3 is 0 Å². The topological polar surface area (TPSA) is 88.9 Å². The lowest BCUT2D eigenvalue weighted by Crippen LogP contribution is -2.25. The quantitative estimate of drug-likeness (QED) is 0.272. The van der Waals surface area contributed by atoms with Crippen molar-refractivity contribution in [1.29, 1.82) is 0 Å². The molecule has 3 aromatic carbocycles. The Labute approximate surface area is 218 Å². The fourth-order valence-corrected chi connectivity index (χ4v) is 4.34. The van der Waals surface area contributed by atoms with E-state index in [2.05, 4.69) is 36.8 Å². The van der Waals surface area contributed by atoms with Crippen molar-refractivity contribution in [3.63, 3.8) is 0 Å². The normalized spacial score (nSPS) is 10.7. The van der Waals surface area contributed by atoms with Gasteiger partial charge in [0.15, 0.2) is 11.0 Å². The smallest absolute Gasteiger partial charge is 0.254 e. The first-order valence-electron chi connectivity index (χ1n) is 10.3. The van der Waals surface area contributed by atoms with E-state index in [-0.39, 0.29) is 23.8 Å². The Balaban J connectivity index is 1.48. The van der Waals surface area contributed by atoms with Gasteiger partial charge < -0.3 is 10.6 Å². The zero-order valence-electron chi connectivity index (χ0n) is 18.0. The Bertz CT molecular complexity index is 1370. The first-order valence-corrected chi connectivity index (χ1v) is 12.5. The second-order valence-electron chi connectivity index (χ2n) is 7.20. The number of nitrogens with one attached hydrogen (secondary N) is 2. The molecule has 4 rings (SSSR count). The van der Waals surface area contributed by atoms with Gasteiger partial charge in [-0.1, -0.05) is 53.7 Å². The molecular formula is C24H18BrClFN5O2S. The van der Waals surface area contributed by atoms with Crippen LogP contribution in [0.3, 0.4) is 0 Å². The summed E-state index contributed by atoms with van der Waals surface area (Å²) in [6, 6.07) is 20.2. The largest absolute Gasteiger partial charge is 0.345 e. The number of para-hydroxylation sites is 1. The molecular weight excluding hydrogens is 557 g/mol. The summed E-state index contributed by atoms with van der Waals surface area (Å²) in [6.45, 7) is 0.0131. The molecule has 0 saturated heterocycles. The van der Waals surface area contributed by atoms with Gasteiger partial charge in [-0.25, -0.2) is 4.39 Å². The van der Waals surface area contributed by atoms with Crippen molar-refractivity contribution in [3.8, 4) is 5.69 Å². The van der Waals surface area contributed by atoms with Gasteiger partial charge in [-0.05, 0) is 58.4 Å². The van der Waals surface area contributed by atoms with Gasteiger partial charge in [-0.2, -0.15) is 0 Å². The second-order valence-corrected chi connectivity index (χ2v) is 9.40. The lowest BCUT2D eigenvalue weighted by atomic mass is 10.2. The number of thioether (sulfide) groups is 1. The SMILES string of the molecule is O=C(CSc1nnc(CNC(=O)c2ccccc2F)n1-c1ccccc1)Nc1ccc(Br)c(Cl)c1. The molecule has 0 unspecified atom stereocenters. The number of amides is 2. The first kappa shape index (κ1) is 24.9. The predicted octanol–water partition coefficient (Wildman–Crippen LogP) is 5.48. The summed E-state index contributed by atoms with van der Waals surface area (Å²) < 4.78 is 16.4. The van der Waals surface area contributed by atoms with Crippen LogP contribution in [0.4, 0.5) is 10.1 Å². The molecule has 0 bridgehead atoms. The number of anilines is 1. The minimum Gasteiger partial charge on any atom is -0.345 e. The van der Waals surface area contributed by atoms with Crippen LogP contribution in [0.1, 0.15) is 16.2 Å². The van der Waals surface area contributed by atoms with Gasteiger partial charge in [0.25, 0.3) is 5.91 Å². The summed E-state index contributed by atoms with van der Waals surface area (Å²) in [4.78, 5) is 25.0. The van der Waals surface area contributed by atoms with Gasteiger partial charge in [0.1, 0.15) is 5.82 Å². The fraction of sp³-hybridized carbons (Fsp3) is 0.0833. The van der Waals surface area contributed by atoms with Crippen molar-refractivity contribution in [3.05, 3.63) is 99.5 Å². The molecule has 4 aromatic rings. The summed E-state index contributed by atoms with van der Waals surface area (Å²) in [5, 5.41) is 14.8. The number of aromatic nitrogens is 3. The molecule has 0 aliphatic heterocycles. The molecule has 2 N–H and O–H groups in total. The van der Waals surface area contributed by atoms with E-state index in [0.29, 0.717) is 21.7 Å². The van der Waals surface area contributed by atoms with E-state index in [9.17, 15) is 14.0 Å². The lowest BCUT2D eigenvalue weighted by molar-refractivity contribution is -0.113. The van der Waals surface area contributed by atoms with Crippen molar-refractivity contribution >= 4 is 56.8 Å². The standard InChI is InChI=1S/C24H18BrClFN5O2S/c25-18-11-10-15(12-19(18)26)29-22(33)14-35-24-31-30-21(32(24)16-6-2-1-3-7-16)13-28-23(34)17-8-4-5-9-20(17)27/h1-12H,13-14H2,(H,28,34)(H,29,33). The Morgan fingerprint density at radius 2 is 1.77 bits per heavy atom. The first-order chi connectivity index (χ1) is 16.9. The summed E-state index contributed by atoms with van der Waals surface area (Å²) in [5.41, 5.74) is 1.28. The monoisotopic (exact) mass is 573 g/mol. The highest BCUT2D eigenvalue weighted by atomic mass is 79.9. The number of rotatable bonds is 8. The third kappa shape index (κ3) is 6.27. The van der Waals surface area contributed by atoms with Crippen LogP contribution in [-0.4, -0.2) is 32.3 Å². The van der Waals surface area contributed by atoms with Crippen molar-refractivity contribution in [2.24, 2.45) is 0 Å². The molecule has 35 heavy (non-hydrogen) atoms. The molecule has 11 heteroatoms. The molecule has 0 atom stereocenters. The van der Waals surface area contributed by atoms with Crippen molar-refractivity contribution in [2.45, 2.75) is 11.7 Å². The summed E-state index contributed by atoms with van der Waals surface area (Å²) >= 11 is 10.6. The van der Waals surface area contributed by atoms with Gasteiger partial charge in [0.05, 0.1) is 22.9 Å². The van der Waals surface area contributed by atoms with Gasteiger partial charge in [0.2, 0.25) is 5.91 Å². The lowest BCUT2D eigenvalue weighted by Gasteiger charge is -2.11. The zero-order chi connectivity index (χ0) is 24.8. The van der Waals surface area contributed by atoms with Crippen molar-refractivity contribution in [2.75, 3.05) is 11.1 Å². The number of halogens is 3. The number of nitrogens with zero attached hydrogens (tertiary/aromatic N) is 3. The van der Waals surface area contributed by atoms with Crippen LogP contribution in [0.15, 0.2) is 82.4 Å². The van der Waals surface area contributed by atoms with E-state index in [1.165, 1.54) is 30.0 Å². The number of carbonyl (C=O) groups excluding carboxylic acids is 2. The minimum atomic E-state index is -0.608.